The minimum Gasteiger partial charge on any atom is -0.337 e. The van der Waals surface area contributed by atoms with Crippen molar-refractivity contribution < 1.29 is 9.00 Å². The van der Waals surface area contributed by atoms with E-state index < -0.39 is 10.8 Å². The highest BCUT2D eigenvalue weighted by Gasteiger charge is 2.26. The molecular weight excluding hydrogens is 430 g/mol. The maximum atomic E-state index is 12.9. The number of fused-ring (bicyclic) bond motifs is 4. The van der Waals surface area contributed by atoms with Gasteiger partial charge in [0.2, 0.25) is 0 Å². The number of amides is 1. The number of thiophene rings is 1. The summed E-state index contributed by atoms with van der Waals surface area (Å²) in [5.41, 5.74) is 4.10. The lowest BCUT2D eigenvalue weighted by Gasteiger charge is -2.07. The molecule has 0 bridgehead atoms. The zero-order chi connectivity index (χ0) is 21.7. The maximum Gasteiger partial charge on any atom is 0.254 e. The Morgan fingerprint density at radius 2 is 2.19 bits per heavy atom. The van der Waals surface area contributed by atoms with Gasteiger partial charge in [-0.25, -0.2) is 9.97 Å². The molecule has 1 aromatic carbocycles. The summed E-state index contributed by atoms with van der Waals surface area (Å²) in [6, 6.07) is 7.91. The van der Waals surface area contributed by atoms with E-state index in [0.717, 1.165) is 28.7 Å². The number of hydrogen-bond donors (Lipinski definition) is 0. The van der Waals surface area contributed by atoms with Gasteiger partial charge < -0.3 is 4.90 Å². The first-order valence-corrected chi connectivity index (χ1v) is 12.1. The lowest BCUT2D eigenvalue weighted by molar-refractivity contribution is 0.0816. The summed E-state index contributed by atoms with van der Waals surface area (Å²) in [7, 11) is 0.542. The van der Waals surface area contributed by atoms with Crippen molar-refractivity contribution >= 4 is 43.9 Å². The lowest BCUT2D eigenvalue weighted by Crippen LogP contribution is -2.17. The molecule has 9 heteroatoms. The van der Waals surface area contributed by atoms with Gasteiger partial charge in [0, 0.05) is 42.9 Å². The number of hydrogen-bond acceptors (Lipinski definition) is 6. The molecule has 7 nitrogen and oxygen atoms in total. The van der Waals surface area contributed by atoms with Gasteiger partial charge in [0.25, 0.3) is 5.91 Å². The van der Waals surface area contributed by atoms with E-state index in [0.29, 0.717) is 44.6 Å². The highest BCUT2D eigenvalue weighted by Crippen LogP contribution is 2.37. The van der Waals surface area contributed by atoms with Gasteiger partial charge in [-0.3, -0.25) is 13.4 Å². The molecule has 0 N–H and O–H groups in total. The monoisotopic (exact) mass is 449 g/mol. The van der Waals surface area contributed by atoms with Crippen molar-refractivity contribution in [1.82, 2.24) is 19.3 Å². The molecule has 1 aliphatic heterocycles. The van der Waals surface area contributed by atoms with Crippen molar-refractivity contribution in [3.8, 4) is 17.5 Å². The smallest absolute Gasteiger partial charge is 0.254 e. The Kier molecular flexibility index (Phi) is 4.84. The molecule has 0 saturated heterocycles. The van der Waals surface area contributed by atoms with Gasteiger partial charge in [-0.05, 0) is 24.1 Å². The number of nitriles is 1. The minimum atomic E-state index is -1.24. The molecule has 156 valence electrons. The predicted octanol–water partition coefficient (Wildman–Crippen LogP) is 3.98. The van der Waals surface area contributed by atoms with Crippen molar-refractivity contribution in [2.75, 3.05) is 12.8 Å². The molecular formula is C22H19N5O2S2. The third kappa shape index (κ3) is 3.06. The van der Waals surface area contributed by atoms with Gasteiger partial charge in [0.15, 0.2) is 5.65 Å². The van der Waals surface area contributed by atoms with E-state index >= 15 is 0 Å². The van der Waals surface area contributed by atoms with Crippen LogP contribution in [0, 0.1) is 11.3 Å². The molecule has 0 spiro atoms. The van der Waals surface area contributed by atoms with Gasteiger partial charge in [-0.15, -0.1) is 11.3 Å². The van der Waals surface area contributed by atoms with Crippen LogP contribution < -0.4 is 0 Å². The Labute approximate surface area is 185 Å². The van der Waals surface area contributed by atoms with E-state index in [1.165, 1.54) is 11.3 Å². The Hall–Kier alpha value is -3.09. The molecule has 0 aliphatic carbocycles. The summed E-state index contributed by atoms with van der Waals surface area (Å²) >= 11 is 1.35. The van der Waals surface area contributed by atoms with E-state index in [-0.39, 0.29) is 5.91 Å². The van der Waals surface area contributed by atoms with Crippen LogP contribution in [-0.4, -0.2) is 42.2 Å². The largest absolute Gasteiger partial charge is 0.337 e. The summed E-state index contributed by atoms with van der Waals surface area (Å²) in [5, 5.41) is 9.86. The summed E-state index contributed by atoms with van der Waals surface area (Å²) in [6.45, 7) is 2.61. The number of benzene rings is 1. The zero-order valence-electron chi connectivity index (χ0n) is 17.1. The Balaban J connectivity index is 1.73. The van der Waals surface area contributed by atoms with Crippen molar-refractivity contribution in [2.24, 2.45) is 0 Å². The fraction of sp³-hybridized carbons (Fsp3) is 0.273. The number of carbonyl (C=O) groups excluding carboxylic acids is 1. The molecule has 1 unspecified atom stereocenters. The highest BCUT2D eigenvalue weighted by molar-refractivity contribution is 7.87. The summed E-state index contributed by atoms with van der Waals surface area (Å²) < 4.78 is 16.1. The second-order valence-corrected chi connectivity index (χ2v) is 10.3. The standard InChI is InChI=1S/C22H19N5O2S2/c1-3-4-9-31(29)22-16(11-23)17-18(30-22)20-24-7-8-27(20)19(25-17)13-5-6-15-14(10-13)12-26(2)21(15)28/h5-8,10H,3-4,9,12H2,1-2H3. The van der Waals surface area contributed by atoms with Crippen LogP contribution in [-0.2, 0) is 17.3 Å². The molecule has 1 amide bonds. The normalized spacial score (nSPS) is 14.4. The quantitative estimate of drug-likeness (QED) is 0.460. The Morgan fingerprint density at radius 3 is 2.97 bits per heavy atom. The van der Waals surface area contributed by atoms with Crippen LogP contribution in [0.2, 0.25) is 0 Å². The number of unbranched alkanes of at least 4 members (excludes halogenated alkanes) is 1. The van der Waals surface area contributed by atoms with Gasteiger partial charge in [-0.1, -0.05) is 19.4 Å². The summed E-state index contributed by atoms with van der Waals surface area (Å²) in [5.74, 6) is 1.19. The van der Waals surface area contributed by atoms with Gasteiger partial charge in [-0.2, -0.15) is 5.26 Å². The molecule has 31 heavy (non-hydrogen) atoms. The van der Waals surface area contributed by atoms with Crippen molar-refractivity contribution in [1.29, 1.82) is 5.26 Å². The van der Waals surface area contributed by atoms with Crippen molar-refractivity contribution in [3.63, 3.8) is 0 Å². The molecule has 0 saturated carbocycles. The second-order valence-electron chi connectivity index (χ2n) is 7.55. The lowest BCUT2D eigenvalue weighted by atomic mass is 10.1. The Morgan fingerprint density at radius 1 is 1.35 bits per heavy atom. The first kappa shape index (κ1) is 19.8. The van der Waals surface area contributed by atoms with Crippen LogP contribution in [0.5, 0.6) is 0 Å². The number of nitrogens with zero attached hydrogens (tertiary/aromatic N) is 5. The van der Waals surface area contributed by atoms with E-state index in [1.54, 1.807) is 18.1 Å². The summed E-state index contributed by atoms with van der Waals surface area (Å²) in [6.07, 6.45) is 5.32. The zero-order valence-corrected chi connectivity index (χ0v) is 18.7. The fourth-order valence-electron chi connectivity index (χ4n) is 3.90. The number of carbonyl (C=O) groups is 1. The molecule has 1 atom stereocenters. The van der Waals surface area contributed by atoms with Crippen LogP contribution >= 0.6 is 11.3 Å². The molecule has 0 radical (unpaired) electrons. The van der Waals surface area contributed by atoms with Crippen molar-refractivity contribution in [3.05, 3.63) is 47.3 Å². The van der Waals surface area contributed by atoms with Crippen LogP contribution in [0.3, 0.4) is 0 Å². The topological polar surface area (TPSA) is 91.4 Å². The van der Waals surface area contributed by atoms with Crippen LogP contribution in [0.25, 0.3) is 27.3 Å². The molecule has 4 heterocycles. The SMILES string of the molecule is CCCCS(=O)c1sc2c(nc(-c3ccc4c(c3)CN(C)C4=O)n3ccnc23)c1C#N. The second kappa shape index (κ2) is 7.55. The van der Waals surface area contributed by atoms with E-state index in [4.69, 9.17) is 4.98 Å². The van der Waals surface area contributed by atoms with Gasteiger partial charge in [0.1, 0.15) is 27.2 Å². The molecule has 0 fully saturated rings. The first-order valence-electron chi connectivity index (χ1n) is 10.00. The third-order valence-corrected chi connectivity index (χ3v) is 8.54. The predicted molar refractivity (Wildman–Crippen MR) is 121 cm³/mol. The van der Waals surface area contributed by atoms with Gasteiger partial charge in [0.05, 0.1) is 15.5 Å². The fourth-order valence-corrected chi connectivity index (χ4v) is 6.79. The average Bonchev–Trinajstić information content (AvgIpc) is 3.46. The van der Waals surface area contributed by atoms with E-state index in [1.807, 2.05) is 28.8 Å². The molecule has 4 aromatic rings. The Bertz CT molecular complexity index is 1430. The highest BCUT2D eigenvalue weighted by atomic mass is 32.2. The maximum absolute atomic E-state index is 12.9. The minimum absolute atomic E-state index is 0.0153. The summed E-state index contributed by atoms with van der Waals surface area (Å²) in [4.78, 5) is 23.3. The molecule has 3 aromatic heterocycles. The first-order chi connectivity index (χ1) is 15.0. The van der Waals surface area contributed by atoms with Crippen LogP contribution in [0.1, 0.15) is 41.3 Å². The van der Waals surface area contributed by atoms with Gasteiger partial charge >= 0.3 is 0 Å². The molecule has 1 aliphatic rings. The van der Waals surface area contributed by atoms with Crippen molar-refractivity contribution in [2.45, 2.75) is 30.5 Å². The average molecular weight is 450 g/mol. The third-order valence-electron chi connectivity index (χ3n) is 5.49. The van der Waals surface area contributed by atoms with Crippen LogP contribution in [0.15, 0.2) is 34.8 Å². The van der Waals surface area contributed by atoms with Crippen LogP contribution in [0.4, 0.5) is 0 Å². The van der Waals surface area contributed by atoms with E-state index in [2.05, 4.69) is 18.0 Å². The number of rotatable bonds is 5. The number of imidazole rings is 1. The molecule has 5 rings (SSSR count). The van der Waals surface area contributed by atoms with E-state index in [9.17, 15) is 14.3 Å². The number of aromatic nitrogens is 3.